The molecule has 0 bridgehead atoms. The highest BCUT2D eigenvalue weighted by atomic mass is 127. The molecule has 0 aromatic heterocycles. The van der Waals surface area contributed by atoms with Crippen LogP contribution in [0, 0.1) is 5.92 Å². The number of likely N-dealkylation sites (tertiary alicyclic amines) is 1. The summed E-state index contributed by atoms with van der Waals surface area (Å²) in [6.45, 7) is 8.73. The van der Waals surface area contributed by atoms with Crippen LogP contribution in [0.2, 0.25) is 0 Å². The second-order valence-corrected chi connectivity index (χ2v) is 6.56. The van der Waals surface area contributed by atoms with Crippen LogP contribution < -0.4 is 10.6 Å². The molecule has 146 valence electrons. The smallest absolute Gasteiger partial charge is 0.227 e. The number of carbonyl (C=O) groups is 1. The number of aliphatic imine (C=N–C) groups is 1. The average Bonchev–Trinajstić information content (AvgIpc) is 3.04. The van der Waals surface area contributed by atoms with Crippen molar-refractivity contribution in [2.75, 3.05) is 25.0 Å². The van der Waals surface area contributed by atoms with Gasteiger partial charge in [-0.25, -0.2) is 4.99 Å². The summed E-state index contributed by atoms with van der Waals surface area (Å²) < 4.78 is 0. The molecule has 0 spiro atoms. The van der Waals surface area contributed by atoms with Crippen molar-refractivity contribution in [1.29, 1.82) is 0 Å². The molecule has 2 rings (SSSR count). The van der Waals surface area contributed by atoms with Crippen molar-refractivity contribution < 1.29 is 9.90 Å². The number of rotatable bonds is 6. The largest absolute Gasteiger partial charge is 0.391 e. The van der Waals surface area contributed by atoms with Crippen LogP contribution in [0.1, 0.15) is 39.2 Å². The van der Waals surface area contributed by atoms with Gasteiger partial charge in [-0.2, -0.15) is 0 Å². The normalized spacial score (nSPS) is 18.2. The molecule has 1 aliphatic rings. The Morgan fingerprint density at radius 3 is 2.81 bits per heavy atom. The van der Waals surface area contributed by atoms with Gasteiger partial charge in [0.25, 0.3) is 0 Å². The molecule has 1 aromatic carbocycles. The molecule has 0 saturated carbocycles. The summed E-state index contributed by atoms with van der Waals surface area (Å²) in [5.41, 5.74) is 1.84. The van der Waals surface area contributed by atoms with Crippen molar-refractivity contribution in [3.63, 3.8) is 0 Å². The van der Waals surface area contributed by atoms with Gasteiger partial charge in [0.1, 0.15) is 0 Å². The Hall–Kier alpha value is -1.35. The second kappa shape index (κ2) is 11.4. The molecule has 2 atom stereocenters. The van der Waals surface area contributed by atoms with E-state index in [1.165, 1.54) is 0 Å². The highest BCUT2D eigenvalue weighted by Crippen LogP contribution is 2.15. The number of amides is 1. The zero-order chi connectivity index (χ0) is 18.2. The number of hydrogen-bond acceptors (Lipinski definition) is 3. The third kappa shape index (κ3) is 6.75. The highest BCUT2D eigenvalue weighted by molar-refractivity contribution is 14.0. The first-order valence-corrected chi connectivity index (χ1v) is 9.14. The van der Waals surface area contributed by atoms with Crippen LogP contribution >= 0.6 is 24.0 Å². The highest BCUT2D eigenvalue weighted by Gasteiger charge is 2.22. The van der Waals surface area contributed by atoms with Gasteiger partial charge < -0.3 is 20.6 Å². The van der Waals surface area contributed by atoms with Crippen LogP contribution in [0.15, 0.2) is 29.3 Å². The van der Waals surface area contributed by atoms with E-state index in [-0.39, 0.29) is 41.9 Å². The Morgan fingerprint density at radius 1 is 1.42 bits per heavy atom. The van der Waals surface area contributed by atoms with Gasteiger partial charge in [-0.05, 0) is 37.5 Å². The second-order valence-electron chi connectivity index (χ2n) is 6.56. The summed E-state index contributed by atoms with van der Waals surface area (Å²) in [4.78, 5) is 18.8. The summed E-state index contributed by atoms with van der Waals surface area (Å²) in [5.74, 6) is 0.874. The lowest BCUT2D eigenvalue weighted by molar-refractivity contribution is -0.119. The number of aliphatic hydroxyl groups excluding tert-OH is 1. The van der Waals surface area contributed by atoms with Gasteiger partial charge >= 0.3 is 0 Å². The summed E-state index contributed by atoms with van der Waals surface area (Å²) >= 11 is 0. The van der Waals surface area contributed by atoms with Gasteiger partial charge in [0, 0.05) is 31.2 Å². The minimum atomic E-state index is -0.275. The summed E-state index contributed by atoms with van der Waals surface area (Å²) in [5, 5.41) is 16.0. The molecule has 1 fully saturated rings. The molecule has 1 heterocycles. The number of halogens is 1. The fourth-order valence-electron chi connectivity index (χ4n) is 2.72. The summed E-state index contributed by atoms with van der Waals surface area (Å²) in [6, 6.07) is 7.80. The predicted octanol–water partition coefficient (Wildman–Crippen LogP) is 2.82. The third-order valence-electron chi connectivity index (χ3n) is 4.46. The van der Waals surface area contributed by atoms with Crippen LogP contribution in [0.5, 0.6) is 0 Å². The molecule has 1 unspecified atom stereocenters. The van der Waals surface area contributed by atoms with Gasteiger partial charge in [0.05, 0.1) is 12.6 Å². The molecular formula is C19H31IN4O2. The maximum atomic E-state index is 12.0. The van der Waals surface area contributed by atoms with E-state index in [0.717, 1.165) is 43.1 Å². The molecule has 26 heavy (non-hydrogen) atoms. The van der Waals surface area contributed by atoms with Gasteiger partial charge in [-0.1, -0.05) is 26.0 Å². The number of aliphatic hydroxyl groups is 1. The molecular weight excluding hydrogens is 443 g/mol. The third-order valence-corrected chi connectivity index (χ3v) is 4.46. The monoisotopic (exact) mass is 474 g/mol. The van der Waals surface area contributed by atoms with Crippen molar-refractivity contribution in [3.05, 3.63) is 29.8 Å². The van der Waals surface area contributed by atoms with Crippen LogP contribution in [0.25, 0.3) is 0 Å². The average molecular weight is 474 g/mol. The number of β-amino-alcohol motifs (C(OH)–C–C–N with tert-alkyl or cyclic N) is 1. The Balaban J connectivity index is 0.00000338. The number of anilines is 1. The first-order valence-electron chi connectivity index (χ1n) is 9.14. The minimum Gasteiger partial charge on any atom is -0.391 e. The molecule has 1 aliphatic heterocycles. The van der Waals surface area contributed by atoms with E-state index >= 15 is 0 Å². The molecule has 0 aliphatic carbocycles. The van der Waals surface area contributed by atoms with Crippen molar-refractivity contribution in [1.82, 2.24) is 10.2 Å². The number of nitrogens with zero attached hydrogens (tertiary/aromatic N) is 2. The molecule has 6 nitrogen and oxygen atoms in total. The van der Waals surface area contributed by atoms with E-state index in [9.17, 15) is 9.90 Å². The maximum absolute atomic E-state index is 12.0. The van der Waals surface area contributed by atoms with E-state index in [1.54, 1.807) is 0 Å². The van der Waals surface area contributed by atoms with Gasteiger partial charge in [-0.3, -0.25) is 4.79 Å². The molecule has 3 N–H and O–H groups in total. The van der Waals surface area contributed by atoms with E-state index in [1.807, 2.05) is 45.0 Å². The predicted molar refractivity (Wildman–Crippen MR) is 117 cm³/mol. The Kier molecular flexibility index (Phi) is 9.93. The van der Waals surface area contributed by atoms with Crippen LogP contribution in [-0.2, 0) is 11.3 Å². The quantitative estimate of drug-likeness (QED) is 0.337. The lowest BCUT2D eigenvalue weighted by Crippen LogP contribution is -2.40. The van der Waals surface area contributed by atoms with Gasteiger partial charge in [0.2, 0.25) is 5.91 Å². The molecule has 1 amide bonds. The van der Waals surface area contributed by atoms with Crippen molar-refractivity contribution in [2.45, 2.75) is 46.3 Å². The van der Waals surface area contributed by atoms with Crippen LogP contribution in [0.3, 0.4) is 0 Å². The number of benzene rings is 1. The Morgan fingerprint density at radius 2 is 2.19 bits per heavy atom. The number of nitrogens with one attached hydrogen (secondary N) is 2. The fraction of sp³-hybridized carbons (Fsp3) is 0.579. The SMILES string of the molecule is CCNC(=NCc1cccc(NC(=O)C(C)CC)c1)N1CC[C@@H](O)C1.I. The summed E-state index contributed by atoms with van der Waals surface area (Å²) in [7, 11) is 0. The lowest BCUT2D eigenvalue weighted by atomic mass is 10.1. The number of guanidine groups is 1. The number of carbonyl (C=O) groups excluding carboxylic acids is 1. The van der Waals surface area contributed by atoms with Gasteiger partial charge in [-0.15, -0.1) is 24.0 Å². The van der Waals surface area contributed by atoms with Crippen molar-refractivity contribution >= 4 is 41.5 Å². The maximum Gasteiger partial charge on any atom is 0.227 e. The van der Waals surface area contributed by atoms with Gasteiger partial charge in [0.15, 0.2) is 5.96 Å². The standard InChI is InChI=1S/C19H30N4O2.HI/c1-4-14(3)18(25)22-16-8-6-7-15(11-16)12-21-19(20-5-2)23-10-9-17(24)13-23;/h6-8,11,14,17,24H,4-5,9-10,12-13H2,1-3H3,(H,20,21)(H,22,25);1H/t14?,17-;/m1./s1. The minimum absolute atomic E-state index is 0. The van der Waals surface area contributed by atoms with Crippen LogP contribution in [0.4, 0.5) is 5.69 Å². The van der Waals surface area contributed by atoms with E-state index < -0.39 is 0 Å². The molecule has 1 saturated heterocycles. The van der Waals surface area contributed by atoms with E-state index in [0.29, 0.717) is 13.1 Å². The number of hydrogen-bond donors (Lipinski definition) is 3. The molecule has 0 radical (unpaired) electrons. The molecule has 1 aromatic rings. The van der Waals surface area contributed by atoms with Crippen LogP contribution in [-0.4, -0.2) is 47.6 Å². The van der Waals surface area contributed by atoms with Crippen molar-refractivity contribution in [2.24, 2.45) is 10.9 Å². The van der Waals surface area contributed by atoms with E-state index in [4.69, 9.17) is 0 Å². The van der Waals surface area contributed by atoms with Crippen molar-refractivity contribution in [3.8, 4) is 0 Å². The van der Waals surface area contributed by atoms with E-state index in [2.05, 4.69) is 20.5 Å². The summed E-state index contributed by atoms with van der Waals surface area (Å²) in [6.07, 6.45) is 1.33. The fourth-order valence-corrected chi connectivity index (χ4v) is 2.72. The Labute approximate surface area is 173 Å². The lowest BCUT2D eigenvalue weighted by Gasteiger charge is -2.21. The molecule has 7 heteroatoms. The topological polar surface area (TPSA) is 77.0 Å². The first-order chi connectivity index (χ1) is 12.0. The first kappa shape index (κ1) is 22.7. The zero-order valence-corrected chi connectivity index (χ0v) is 18.2. The Bertz CT molecular complexity index is 609. The zero-order valence-electron chi connectivity index (χ0n) is 15.9.